The predicted octanol–water partition coefficient (Wildman–Crippen LogP) is 1.01. The second kappa shape index (κ2) is 5.65. The molecule has 1 aliphatic rings. The Morgan fingerprint density at radius 2 is 2.50 bits per heavy atom. The molecule has 1 aliphatic heterocycles. The number of rotatable bonds is 4. The van der Waals surface area contributed by atoms with Crippen LogP contribution in [0.3, 0.4) is 0 Å². The molecule has 2 unspecified atom stereocenters. The summed E-state index contributed by atoms with van der Waals surface area (Å²) in [6.07, 6.45) is 0.730. The summed E-state index contributed by atoms with van der Waals surface area (Å²) in [5.41, 5.74) is 5.55. The topological polar surface area (TPSA) is 74.2 Å². The van der Waals surface area contributed by atoms with E-state index in [4.69, 9.17) is 15.0 Å². The molecule has 1 aromatic heterocycles. The molecule has 2 N–H and O–H groups in total. The number of ether oxygens (including phenoxy) is 1. The van der Waals surface area contributed by atoms with Crippen molar-refractivity contribution in [3.63, 3.8) is 0 Å². The van der Waals surface area contributed by atoms with E-state index in [9.17, 15) is 0 Å². The first-order valence-corrected chi connectivity index (χ1v) is 6.67. The molecule has 0 saturated carbocycles. The minimum Gasteiger partial charge on any atom is -0.368 e. The van der Waals surface area contributed by atoms with Gasteiger partial charge in [0.25, 0.3) is 0 Å². The summed E-state index contributed by atoms with van der Waals surface area (Å²) < 4.78 is 10.8. The number of nitrogens with zero attached hydrogens (tertiary/aromatic N) is 2. The lowest BCUT2D eigenvalue weighted by molar-refractivity contribution is 0.0677. The Kier molecular flexibility index (Phi) is 4.20. The maximum atomic E-state index is 5.58. The molecule has 90 valence electrons. The molecule has 0 spiro atoms. The molecular weight excluding hydrogens is 226 g/mol. The summed E-state index contributed by atoms with van der Waals surface area (Å²) in [5.74, 6) is 3.66. The monoisotopic (exact) mass is 243 g/mol. The van der Waals surface area contributed by atoms with E-state index in [0.717, 1.165) is 24.5 Å². The Hall–Kier alpha value is -0.590. The van der Waals surface area contributed by atoms with Crippen molar-refractivity contribution in [1.82, 2.24) is 10.1 Å². The molecule has 1 aromatic rings. The highest BCUT2D eigenvalue weighted by molar-refractivity contribution is 7.99. The molecule has 16 heavy (non-hydrogen) atoms. The standard InChI is InChI=1S/C10H17N3O2S/c1-7(5-11)4-9-12-10(13-15-9)8-6-16-3-2-14-8/h7-8H,2-6,11H2,1H3. The lowest BCUT2D eigenvalue weighted by Crippen LogP contribution is -2.17. The average Bonchev–Trinajstić information content (AvgIpc) is 2.78. The lowest BCUT2D eigenvalue weighted by atomic mass is 10.1. The van der Waals surface area contributed by atoms with E-state index in [1.165, 1.54) is 0 Å². The van der Waals surface area contributed by atoms with Gasteiger partial charge < -0.3 is 15.0 Å². The Balaban J connectivity index is 1.95. The zero-order valence-corrected chi connectivity index (χ0v) is 10.2. The molecule has 1 fully saturated rings. The second-order valence-corrected chi connectivity index (χ2v) is 5.18. The van der Waals surface area contributed by atoms with Gasteiger partial charge in [-0.2, -0.15) is 16.7 Å². The van der Waals surface area contributed by atoms with Crippen LogP contribution < -0.4 is 5.73 Å². The summed E-state index contributed by atoms with van der Waals surface area (Å²) in [6, 6.07) is 0. The van der Waals surface area contributed by atoms with Crippen molar-refractivity contribution < 1.29 is 9.26 Å². The summed E-state index contributed by atoms with van der Waals surface area (Å²) in [4.78, 5) is 4.35. The van der Waals surface area contributed by atoms with Crippen molar-refractivity contribution >= 4 is 11.8 Å². The van der Waals surface area contributed by atoms with Crippen molar-refractivity contribution in [1.29, 1.82) is 0 Å². The van der Waals surface area contributed by atoms with Gasteiger partial charge in [0.2, 0.25) is 11.7 Å². The van der Waals surface area contributed by atoms with Crippen molar-refractivity contribution in [2.24, 2.45) is 11.7 Å². The van der Waals surface area contributed by atoms with Crippen LogP contribution in [0.5, 0.6) is 0 Å². The molecule has 2 heterocycles. The molecule has 2 atom stereocenters. The average molecular weight is 243 g/mol. The first-order valence-electron chi connectivity index (χ1n) is 5.51. The van der Waals surface area contributed by atoms with E-state index in [1.807, 2.05) is 11.8 Å². The Bertz CT molecular complexity index is 326. The summed E-state index contributed by atoms with van der Waals surface area (Å²) in [6.45, 7) is 3.46. The van der Waals surface area contributed by atoms with E-state index in [2.05, 4.69) is 17.1 Å². The first kappa shape index (κ1) is 11.9. The molecule has 5 nitrogen and oxygen atoms in total. The molecule has 1 saturated heterocycles. The third kappa shape index (κ3) is 2.96. The molecule has 0 amide bonds. The van der Waals surface area contributed by atoms with Crippen LogP contribution in [0.15, 0.2) is 4.52 Å². The smallest absolute Gasteiger partial charge is 0.227 e. The van der Waals surface area contributed by atoms with Crippen LogP contribution in [0, 0.1) is 5.92 Å². The van der Waals surface area contributed by atoms with E-state index >= 15 is 0 Å². The largest absolute Gasteiger partial charge is 0.368 e. The maximum absolute atomic E-state index is 5.58. The van der Waals surface area contributed by atoms with Crippen molar-refractivity contribution in [2.75, 3.05) is 24.7 Å². The molecular formula is C10H17N3O2S. The quantitative estimate of drug-likeness (QED) is 0.850. The van der Waals surface area contributed by atoms with Crippen LogP contribution in [0.1, 0.15) is 24.7 Å². The zero-order chi connectivity index (χ0) is 11.4. The van der Waals surface area contributed by atoms with Gasteiger partial charge in [-0.3, -0.25) is 0 Å². The van der Waals surface area contributed by atoms with Gasteiger partial charge in [0.05, 0.1) is 6.61 Å². The van der Waals surface area contributed by atoms with E-state index < -0.39 is 0 Å². The summed E-state index contributed by atoms with van der Waals surface area (Å²) in [7, 11) is 0. The number of thioether (sulfide) groups is 1. The Morgan fingerprint density at radius 3 is 3.19 bits per heavy atom. The maximum Gasteiger partial charge on any atom is 0.227 e. The van der Waals surface area contributed by atoms with Crippen LogP contribution in [0.25, 0.3) is 0 Å². The normalized spacial score (nSPS) is 23.2. The van der Waals surface area contributed by atoms with E-state index in [1.54, 1.807) is 0 Å². The van der Waals surface area contributed by atoms with Crippen LogP contribution in [0.2, 0.25) is 0 Å². The van der Waals surface area contributed by atoms with Gasteiger partial charge in [-0.15, -0.1) is 0 Å². The van der Waals surface area contributed by atoms with E-state index in [-0.39, 0.29) is 6.10 Å². The van der Waals surface area contributed by atoms with Crippen LogP contribution in [-0.4, -0.2) is 34.8 Å². The van der Waals surface area contributed by atoms with Gasteiger partial charge in [0, 0.05) is 17.9 Å². The minimum atomic E-state index is -0.00978. The fraction of sp³-hybridized carbons (Fsp3) is 0.800. The predicted molar refractivity (Wildman–Crippen MR) is 62.2 cm³/mol. The van der Waals surface area contributed by atoms with Crippen LogP contribution in [0.4, 0.5) is 0 Å². The molecule has 2 rings (SSSR count). The highest BCUT2D eigenvalue weighted by Crippen LogP contribution is 2.24. The Morgan fingerprint density at radius 1 is 1.62 bits per heavy atom. The number of hydrogen-bond donors (Lipinski definition) is 1. The second-order valence-electron chi connectivity index (χ2n) is 4.03. The van der Waals surface area contributed by atoms with Crippen LogP contribution >= 0.6 is 11.8 Å². The fourth-order valence-corrected chi connectivity index (χ4v) is 2.34. The SMILES string of the molecule is CC(CN)Cc1nc(C2CSCCO2)no1. The fourth-order valence-electron chi connectivity index (χ4n) is 1.50. The number of aromatic nitrogens is 2. The van der Waals surface area contributed by atoms with Crippen molar-refractivity contribution in [3.05, 3.63) is 11.7 Å². The van der Waals surface area contributed by atoms with Crippen molar-refractivity contribution in [2.45, 2.75) is 19.4 Å². The third-order valence-corrected chi connectivity index (χ3v) is 3.51. The molecule has 0 aromatic carbocycles. The molecule has 0 bridgehead atoms. The van der Waals surface area contributed by atoms with E-state index in [0.29, 0.717) is 24.2 Å². The van der Waals surface area contributed by atoms with Gasteiger partial charge >= 0.3 is 0 Å². The highest BCUT2D eigenvalue weighted by atomic mass is 32.2. The zero-order valence-electron chi connectivity index (χ0n) is 9.39. The van der Waals surface area contributed by atoms with Gasteiger partial charge in [-0.1, -0.05) is 12.1 Å². The minimum absolute atomic E-state index is 0.00978. The number of hydrogen-bond acceptors (Lipinski definition) is 6. The summed E-state index contributed by atoms with van der Waals surface area (Å²) in [5, 5.41) is 3.96. The molecule has 0 radical (unpaired) electrons. The van der Waals surface area contributed by atoms with Crippen LogP contribution in [-0.2, 0) is 11.2 Å². The van der Waals surface area contributed by atoms with Gasteiger partial charge in [-0.25, -0.2) is 0 Å². The number of nitrogens with two attached hydrogens (primary N) is 1. The first-order chi connectivity index (χ1) is 7.79. The highest BCUT2D eigenvalue weighted by Gasteiger charge is 2.22. The molecule has 6 heteroatoms. The van der Waals surface area contributed by atoms with Gasteiger partial charge in [0.15, 0.2) is 0 Å². The third-order valence-electron chi connectivity index (χ3n) is 2.51. The Labute approximate surface area is 99.1 Å². The van der Waals surface area contributed by atoms with Crippen molar-refractivity contribution in [3.8, 4) is 0 Å². The lowest BCUT2D eigenvalue weighted by Gasteiger charge is -2.18. The van der Waals surface area contributed by atoms with Gasteiger partial charge in [0.1, 0.15) is 6.10 Å². The van der Waals surface area contributed by atoms with Gasteiger partial charge in [-0.05, 0) is 12.5 Å². The molecule has 0 aliphatic carbocycles. The summed E-state index contributed by atoms with van der Waals surface area (Å²) >= 11 is 1.86.